The van der Waals surface area contributed by atoms with Gasteiger partial charge in [-0.05, 0) is 44.5 Å². The van der Waals surface area contributed by atoms with Crippen LogP contribution < -0.4 is 0 Å². The van der Waals surface area contributed by atoms with E-state index in [9.17, 15) is 9.59 Å². The van der Waals surface area contributed by atoms with Crippen molar-refractivity contribution in [3.05, 3.63) is 76.2 Å². The molecule has 3 rings (SSSR count). The molecule has 0 fully saturated rings. The largest absolute Gasteiger partial charge is 0.451 e. The summed E-state index contributed by atoms with van der Waals surface area (Å²) in [6, 6.07) is 14.6. The summed E-state index contributed by atoms with van der Waals surface area (Å²) in [6.45, 7) is 5.25. The Labute approximate surface area is 180 Å². The van der Waals surface area contributed by atoms with Crippen molar-refractivity contribution in [3.63, 3.8) is 0 Å². The molecule has 1 unspecified atom stereocenters. The third-order valence-corrected chi connectivity index (χ3v) is 5.14. The number of ether oxygens (including phenoxy) is 1. The Bertz CT molecular complexity index is 1070. The lowest BCUT2D eigenvalue weighted by molar-refractivity contribution is -0.135. The van der Waals surface area contributed by atoms with Gasteiger partial charge in [-0.1, -0.05) is 41.9 Å². The summed E-state index contributed by atoms with van der Waals surface area (Å²) in [6.07, 6.45) is 0. The summed E-state index contributed by atoms with van der Waals surface area (Å²) in [5.41, 5.74) is 2.62. The van der Waals surface area contributed by atoms with Gasteiger partial charge in [0.05, 0.1) is 16.8 Å². The first kappa shape index (κ1) is 21.5. The Morgan fingerprint density at radius 3 is 2.50 bits per heavy atom. The molecule has 0 N–H and O–H groups in total. The number of carbonyl (C=O) groups is 2. The molecule has 1 atom stereocenters. The second-order valence-electron chi connectivity index (χ2n) is 7.01. The highest BCUT2D eigenvalue weighted by Gasteiger charge is 2.21. The molecule has 0 aliphatic heterocycles. The van der Waals surface area contributed by atoms with Gasteiger partial charge in [0.25, 0.3) is 5.91 Å². The van der Waals surface area contributed by atoms with Gasteiger partial charge in [0.2, 0.25) is 0 Å². The monoisotopic (exact) mass is 426 g/mol. The van der Waals surface area contributed by atoms with E-state index in [4.69, 9.17) is 16.3 Å². The molecule has 30 heavy (non-hydrogen) atoms. The predicted molar refractivity (Wildman–Crippen MR) is 114 cm³/mol. The summed E-state index contributed by atoms with van der Waals surface area (Å²) in [5.74, 6) is -0.652. The molecule has 1 aromatic carbocycles. The maximum Gasteiger partial charge on any atom is 0.359 e. The average molecular weight is 427 g/mol. The van der Waals surface area contributed by atoms with E-state index in [1.54, 1.807) is 23.9 Å². The van der Waals surface area contributed by atoms with Gasteiger partial charge in [-0.2, -0.15) is 5.10 Å². The van der Waals surface area contributed by atoms with E-state index in [1.165, 1.54) is 4.90 Å². The number of aryl methyl sites for hydroxylation is 2. The van der Waals surface area contributed by atoms with Gasteiger partial charge in [-0.25, -0.2) is 14.5 Å². The van der Waals surface area contributed by atoms with Gasteiger partial charge in [0, 0.05) is 12.7 Å². The summed E-state index contributed by atoms with van der Waals surface area (Å²) in [5, 5.41) is 4.50. The molecule has 0 spiro atoms. The van der Waals surface area contributed by atoms with Crippen molar-refractivity contribution in [1.29, 1.82) is 0 Å². The van der Waals surface area contributed by atoms with Crippen LogP contribution in [0, 0.1) is 13.8 Å². The molecule has 7 nitrogen and oxygen atoms in total. The van der Waals surface area contributed by atoms with E-state index in [0.717, 1.165) is 17.0 Å². The summed E-state index contributed by atoms with van der Waals surface area (Å²) in [7, 11) is 1.67. The lowest BCUT2D eigenvalue weighted by Gasteiger charge is -2.25. The lowest BCUT2D eigenvalue weighted by atomic mass is 10.1. The first-order chi connectivity index (χ1) is 14.3. The average Bonchev–Trinajstić information content (AvgIpc) is 3.09. The van der Waals surface area contributed by atoms with E-state index in [0.29, 0.717) is 5.82 Å². The zero-order chi connectivity index (χ0) is 21.8. The number of benzene rings is 1. The number of likely N-dealkylation sites (N-methyl/N-ethyl adjacent to an activating group) is 1. The van der Waals surface area contributed by atoms with Crippen LogP contribution in [0.1, 0.15) is 40.4 Å². The predicted octanol–water partition coefficient (Wildman–Crippen LogP) is 3.91. The van der Waals surface area contributed by atoms with Crippen LogP contribution in [0.4, 0.5) is 0 Å². The highest BCUT2D eigenvalue weighted by molar-refractivity contribution is 6.33. The quantitative estimate of drug-likeness (QED) is 0.558. The van der Waals surface area contributed by atoms with Crippen molar-refractivity contribution in [1.82, 2.24) is 19.7 Å². The van der Waals surface area contributed by atoms with Crippen molar-refractivity contribution in [3.8, 4) is 5.82 Å². The highest BCUT2D eigenvalue weighted by Crippen LogP contribution is 2.20. The molecule has 0 saturated carbocycles. The maximum atomic E-state index is 12.5. The molecule has 0 radical (unpaired) electrons. The molecule has 1 amide bonds. The summed E-state index contributed by atoms with van der Waals surface area (Å²) in [4.78, 5) is 30.9. The summed E-state index contributed by atoms with van der Waals surface area (Å²) >= 11 is 6.14. The SMILES string of the molecule is Cc1cc(C)n(-c2ccc(Cl)c(C(=O)OCC(=O)N(C)C(C)c3ccccc3)n2)n1. The normalized spacial score (nSPS) is 11.8. The van der Waals surface area contributed by atoms with Crippen LogP contribution in [-0.4, -0.2) is 45.2 Å². The van der Waals surface area contributed by atoms with Gasteiger partial charge in [-0.3, -0.25) is 4.79 Å². The number of aromatic nitrogens is 3. The number of rotatable bonds is 6. The lowest BCUT2D eigenvalue weighted by Crippen LogP contribution is -2.33. The van der Waals surface area contributed by atoms with Gasteiger partial charge >= 0.3 is 5.97 Å². The zero-order valence-corrected chi connectivity index (χ0v) is 18.1. The fourth-order valence-corrected chi connectivity index (χ4v) is 3.20. The van der Waals surface area contributed by atoms with Gasteiger partial charge in [0.1, 0.15) is 0 Å². The van der Waals surface area contributed by atoms with Crippen molar-refractivity contribution in [2.24, 2.45) is 0 Å². The van der Waals surface area contributed by atoms with Gasteiger partial charge in [-0.15, -0.1) is 0 Å². The van der Waals surface area contributed by atoms with Crippen molar-refractivity contribution in [2.75, 3.05) is 13.7 Å². The number of nitrogens with zero attached hydrogens (tertiary/aromatic N) is 4. The zero-order valence-electron chi connectivity index (χ0n) is 17.3. The minimum Gasteiger partial charge on any atom is -0.451 e. The Morgan fingerprint density at radius 2 is 1.87 bits per heavy atom. The number of pyridine rings is 1. The van der Waals surface area contributed by atoms with Crippen LogP contribution in [0.3, 0.4) is 0 Å². The summed E-state index contributed by atoms with van der Waals surface area (Å²) < 4.78 is 6.81. The van der Waals surface area contributed by atoms with Crippen LogP contribution in [0.5, 0.6) is 0 Å². The Hall–Kier alpha value is -3.19. The third-order valence-electron chi connectivity index (χ3n) is 4.83. The molecule has 8 heteroatoms. The maximum absolute atomic E-state index is 12.5. The van der Waals surface area contributed by atoms with Crippen LogP contribution in [0.2, 0.25) is 5.02 Å². The molecular weight excluding hydrogens is 404 g/mol. The topological polar surface area (TPSA) is 77.3 Å². The Morgan fingerprint density at radius 1 is 1.17 bits per heavy atom. The molecule has 0 aliphatic carbocycles. The standard InChI is InChI=1S/C22H23ClN4O3/c1-14-12-15(2)27(25-14)19-11-10-18(23)21(24-19)22(29)30-13-20(28)26(4)16(3)17-8-6-5-7-9-17/h5-12,16H,13H2,1-4H3. The molecule has 2 heterocycles. The van der Waals surface area contributed by atoms with E-state index in [-0.39, 0.29) is 22.7 Å². The van der Waals surface area contributed by atoms with Gasteiger partial charge in [0.15, 0.2) is 18.1 Å². The minimum atomic E-state index is -0.766. The number of hydrogen-bond acceptors (Lipinski definition) is 5. The number of hydrogen-bond donors (Lipinski definition) is 0. The van der Waals surface area contributed by atoms with Crippen LogP contribution >= 0.6 is 11.6 Å². The second kappa shape index (κ2) is 9.09. The number of esters is 1. The van der Waals surface area contributed by atoms with Crippen LogP contribution in [-0.2, 0) is 9.53 Å². The molecule has 0 aliphatic rings. The number of amides is 1. The number of halogens is 1. The third kappa shape index (κ3) is 4.68. The fourth-order valence-electron chi connectivity index (χ4n) is 3.02. The molecule has 3 aromatic rings. The van der Waals surface area contributed by atoms with E-state index >= 15 is 0 Å². The van der Waals surface area contributed by atoms with E-state index in [2.05, 4.69) is 10.1 Å². The Balaban J connectivity index is 1.69. The molecule has 0 saturated heterocycles. The van der Waals surface area contributed by atoms with E-state index in [1.807, 2.05) is 57.2 Å². The van der Waals surface area contributed by atoms with Crippen LogP contribution in [0.25, 0.3) is 5.82 Å². The van der Waals surface area contributed by atoms with Crippen molar-refractivity contribution < 1.29 is 14.3 Å². The van der Waals surface area contributed by atoms with Gasteiger partial charge < -0.3 is 9.64 Å². The molecule has 156 valence electrons. The Kier molecular flexibility index (Phi) is 6.52. The first-order valence-electron chi connectivity index (χ1n) is 9.46. The molecule has 0 bridgehead atoms. The van der Waals surface area contributed by atoms with Crippen LogP contribution in [0.15, 0.2) is 48.5 Å². The van der Waals surface area contributed by atoms with Crippen molar-refractivity contribution in [2.45, 2.75) is 26.8 Å². The smallest absolute Gasteiger partial charge is 0.359 e. The highest BCUT2D eigenvalue weighted by atomic mass is 35.5. The first-order valence-corrected chi connectivity index (χ1v) is 9.83. The van der Waals surface area contributed by atoms with E-state index < -0.39 is 12.6 Å². The number of carbonyl (C=O) groups excluding carboxylic acids is 2. The molecular formula is C22H23ClN4O3. The molecule has 2 aromatic heterocycles. The minimum absolute atomic E-state index is 0.0618. The van der Waals surface area contributed by atoms with Crippen molar-refractivity contribution >= 4 is 23.5 Å². The fraction of sp³-hybridized carbons (Fsp3) is 0.273. The second-order valence-corrected chi connectivity index (χ2v) is 7.41.